The van der Waals surface area contributed by atoms with E-state index in [2.05, 4.69) is 20.7 Å². The van der Waals surface area contributed by atoms with Crippen LogP contribution in [0.2, 0.25) is 0 Å². The first-order valence-electron chi connectivity index (χ1n) is 4.65. The van der Waals surface area contributed by atoms with E-state index in [4.69, 9.17) is 5.73 Å². The third-order valence-electron chi connectivity index (χ3n) is 1.94. The monoisotopic (exact) mass is 328 g/mol. The Bertz CT molecular complexity index is 499. The summed E-state index contributed by atoms with van der Waals surface area (Å²) in [6.45, 7) is 1.60. The number of hydrogen-bond donors (Lipinski definition) is 2. The zero-order chi connectivity index (χ0) is 13.2. The molecule has 0 spiro atoms. The largest absolute Gasteiger partial charge is 0.329 e. The average Bonchev–Trinajstić information content (AvgIpc) is 2.14. The van der Waals surface area contributed by atoms with Gasteiger partial charge in [0, 0.05) is 23.1 Å². The van der Waals surface area contributed by atoms with E-state index < -0.39 is 32.6 Å². The molecule has 1 rings (SSSR count). The van der Waals surface area contributed by atoms with Crippen LogP contribution in [-0.4, -0.2) is 21.0 Å². The second-order valence-corrected chi connectivity index (χ2v) is 5.96. The van der Waals surface area contributed by atoms with Gasteiger partial charge < -0.3 is 5.73 Å². The number of halogens is 3. The zero-order valence-corrected chi connectivity index (χ0v) is 11.3. The molecule has 96 valence electrons. The Labute approximate surface area is 106 Å². The summed E-state index contributed by atoms with van der Waals surface area (Å²) < 4.78 is 51.9. The molecular weight excluding hydrogens is 318 g/mol. The molecule has 1 atom stereocenters. The molecule has 0 radical (unpaired) electrons. The van der Waals surface area contributed by atoms with Crippen molar-refractivity contribution in [2.24, 2.45) is 5.73 Å². The van der Waals surface area contributed by atoms with Gasteiger partial charge >= 0.3 is 0 Å². The second kappa shape index (κ2) is 5.38. The molecule has 1 aromatic rings. The Morgan fingerprint density at radius 2 is 2.06 bits per heavy atom. The highest BCUT2D eigenvalue weighted by atomic mass is 79.9. The number of hydrogen-bond acceptors (Lipinski definition) is 3. The molecule has 0 saturated carbocycles. The summed E-state index contributed by atoms with van der Waals surface area (Å²) in [5.41, 5.74) is 5.27. The number of rotatable bonds is 4. The molecular formula is C9H11BrF2N2O2S. The fraction of sp³-hybridized carbons (Fsp3) is 0.333. The van der Waals surface area contributed by atoms with E-state index in [0.29, 0.717) is 6.07 Å². The van der Waals surface area contributed by atoms with Gasteiger partial charge in [-0.1, -0.05) is 0 Å². The fourth-order valence-corrected chi connectivity index (χ4v) is 3.58. The molecule has 0 aliphatic rings. The topological polar surface area (TPSA) is 72.2 Å². The smallest absolute Gasteiger partial charge is 0.244 e. The molecule has 4 nitrogen and oxygen atoms in total. The Balaban J connectivity index is 3.25. The highest BCUT2D eigenvalue weighted by Crippen LogP contribution is 2.26. The maximum Gasteiger partial charge on any atom is 0.244 e. The zero-order valence-electron chi connectivity index (χ0n) is 8.88. The van der Waals surface area contributed by atoms with E-state index in [9.17, 15) is 17.2 Å². The van der Waals surface area contributed by atoms with E-state index in [1.54, 1.807) is 0 Å². The van der Waals surface area contributed by atoms with Crippen LogP contribution in [0.4, 0.5) is 8.78 Å². The van der Waals surface area contributed by atoms with Gasteiger partial charge in [-0.3, -0.25) is 0 Å². The van der Waals surface area contributed by atoms with Crippen molar-refractivity contribution in [1.82, 2.24) is 4.72 Å². The van der Waals surface area contributed by atoms with Crippen LogP contribution in [0.1, 0.15) is 6.92 Å². The molecule has 0 unspecified atom stereocenters. The van der Waals surface area contributed by atoms with Gasteiger partial charge in [0.2, 0.25) is 10.0 Å². The summed E-state index contributed by atoms with van der Waals surface area (Å²) in [7, 11) is -4.07. The van der Waals surface area contributed by atoms with Gasteiger partial charge in [0.05, 0.1) is 0 Å². The molecule has 17 heavy (non-hydrogen) atoms. The molecule has 8 heteroatoms. The molecule has 0 amide bonds. The van der Waals surface area contributed by atoms with Crippen molar-refractivity contribution in [3.05, 3.63) is 28.2 Å². The summed E-state index contributed by atoms with van der Waals surface area (Å²) in [5.74, 6) is -2.02. The van der Waals surface area contributed by atoms with Gasteiger partial charge in [-0.25, -0.2) is 21.9 Å². The SMILES string of the molecule is C[C@H](CN)NS(=O)(=O)c1c(F)cc(F)cc1Br. The Kier molecular flexibility index (Phi) is 4.59. The standard InChI is InChI=1S/C9H11BrF2N2O2S/c1-5(4-13)14-17(15,16)9-7(10)2-6(11)3-8(9)12/h2-3,5,14H,4,13H2,1H3/t5-/m1/s1. The lowest BCUT2D eigenvalue weighted by molar-refractivity contribution is 0.533. The summed E-state index contributed by atoms with van der Waals surface area (Å²) in [6, 6.07) is 0.841. The summed E-state index contributed by atoms with van der Waals surface area (Å²) >= 11 is 2.82. The molecule has 0 aromatic heterocycles. The van der Waals surface area contributed by atoms with Crippen LogP contribution >= 0.6 is 15.9 Å². The first kappa shape index (κ1) is 14.5. The predicted octanol–water partition coefficient (Wildman–Crippen LogP) is 1.35. The minimum absolute atomic E-state index is 0.0691. The first-order chi connectivity index (χ1) is 7.77. The van der Waals surface area contributed by atoms with Gasteiger partial charge in [0.15, 0.2) is 0 Å². The van der Waals surface area contributed by atoms with Crippen LogP contribution in [0, 0.1) is 11.6 Å². The molecule has 0 heterocycles. The third-order valence-corrected chi connectivity index (χ3v) is 4.49. The minimum atomic E-state index is -4.07. The predicted molar refractivity (Wildman–Crippen MR) is 62.9 cm³/mol. The van der Waals surface area contributed by atoms with Crippen molar-refractivity contribution >= 4 is 26.0 Å². The van der Waals surface area contributed by atoms with Crippen molar-refractivity contribution in [3.63, 3.8) is 0 Å². The quantitative estimate of drug-likeness (QED) is 0.876. The first-order valence-corrected chi connectivity index (χ1v) is 6.92. The summed E-state index contributed by atoms with van der Waals surface area (Å²) in [5, 5.41) is 0. The van der Waals surface area contributed by atoms with Crippen molar-refractivity contribution in [1.29, 1.82) is 0 Å². The molecule has 0 fully saturated rings. The molecule has 0 aliphatic heterocycles. The number of nitrogens with one attached hydrogen (secondary N) is 1. The lowest BCUT2D eigenvalue weighted by Gasteiger charge is -2.13. The fourth-order valence-electron chi connectivity index (χ4n) is 1.16. The highest BCUT2D eigenvalue weighted by molar-refractivity contribution is 9.10. The van der Waals surface area contributed by atoms with Gasteiger partial charge in [0.1, 0.15) is 16.5 Å². The Morgan fingerprint density at radius 1 is 1.47 bits per heavy atom. The Hall–Kier alpha value is -0.570. The van der Waals surface area contributed by atoms with E-state index in [0.717, 1.165) is 6.07 Å². The van der Waals surface area contributed by atoms with Crippen molar-refractivity contribution in [2.45, 2.75) is 17.9 Å². The number of nitrogens with two attached hydrogens (primary N) is 1. The molecule has 0 saturated heterocycles. The van der Waals surface area contributed by atoms with Crippen molar-refractivity contribution in [3.8, 4) is 0 Å². The van der Waals surface area contributed by atoms with Crippen LogP contribution < -0.4 is 10.5 Å². The van der Waals surface area contributed by atoms with E-state index in [1.807, 2.05) is 0 Å². The number of benzene rings is 1. The Morgan fingerprint density at radius 3 is 2.53 bits per heavy atom. The minimum Gasteiger partial charge on any atom is -0.329 e. The maximum absolute atomic E-state index is 13.4. The van der Waals surface area contributed by atoms with Gasteiger partial charge in [-0.05, 0) is 28.9 Å². The third kappa shape index (κ3) is 3.44. The van der Waals surface area contributed by atoms with Gasteiger partial charge in [0.25, 0.3) is 0 Å². The highest BCUT2D eigenvalue weighted by Gasteiger charge is 2.24. The normalized spacial score (nSPS) is 13.7. The molecule has 3 N–H and O–H groups in total. The van der Waals surface area contributed by atoms with E-state index in [-0.39, 0.29) is 11.0 Å². The van der Waals surface area contributed by atoms with Crippen molar-refractivity contribution < 1.29 is 17.2 Å². The number of sulfonamides is 1. The maximum atomic E-state index is 13.4. The van der Waals surface area contributed by atoms with Crippen LogP contribution in [-0.2, 0) is 10.0 Å². The van der Waals surface area contributed by atoms with Crippen LogP contribution in [0.15, 0.2) is 21.5 Å². The average molecular weight is 329 g/mol. The summed E-state index contributed by atoms with van der Waals surface area (Å²) in [4.78, 5) is -0.626. The second-order valence-electron chi connectivity index (χ2n) is 3.46. The van der Waals surface area contributed by atoms with Crippen molar-refractivity contribution in [2.75, 3.05) is 6.54 Å². The van der Waals surface area contributed by atoms with E-state index >= 15 is 0 Å². The molecule has 0 bridgehead atoms. The van der Waals surface area contributed by atoms with Crippen LogP contribution in [0.3, 0.4) is 0 Å². The van der Waals surface area contributed by atoms with E-state index in [1.165, 1.54) is 6.92 Å². The van der Waals surface area contributed by atoms with Gasteiger partial charge in [-0.2, -0.15) is 0 Å². The summed E-state index contributed by atoms with van der Waals surface area (Å²) in [6.07, 6.45) is 0. The van der Waals surface area contributed by atoms with Gasteiger partial charge in [-0.15, -0.1) is 0 Å². The lowest BCUT2D eigenvalue weighted by Crippen LogP contribution is -2.38. The lowest BCUT2D eigenvalue weighted by atomic mass is 10.3. The van der Waals surface area contributed by atoms with Crippen LogP contribution in [0.25, 0.3) is 0 Å². The van der Waals surface area contributed by atoms with Crippen LogP contribution in [0.5, 0.6) is 0 Å². The molecule has 1 aromatic carbocycles. The molecule has 0 aliphatic carbocycles.